The van der Waals surface area contributed by atoms with Gasteiger partial charge in [0.05, 0.1) is 5.41 Å². The Labute approximate surface area is 179 Å². The molecule has 1 heterocycles. The molecule has 0 N–H and O–H groups in total. The van der Waals surface area contributed by atoms with Crippen molar-refractivity contribution in [2.75, 3.05) is 19.6 Å². The van der Waals surface area contributed by atoms with E-state index in [9.17, 15) is 4.79 Å². The van der Waals surface area contributed by atoms with Crippen LogP contribution in [0.4, 0.5) is 0 Å². The lowest BCUT2D eigenvalue weighted by Crippen LogP contribution is -2.37. The maximum absolute atomic E-state index is 12.9. The molecule has 1 aliphatic rings. The Morgan fingerprint density at radius 2 is 1.33 bits per heavy atom. The van der Waals surface area contributed by atoms with E-state index in [1.165, 1.54) is 32.4 Å². The number of ketones is 1. The third-order valence-corrected chi connectivity index (χ3v) is 5.61. The number of piperidine rings is 1. The Morgan fingerprint density at radius 3 is 1.73 bits per heavy atom. The predicted molar refractivity (Wildman–Crippen MR) is 114 cm³/mol. The molecule has 7 heteroatoms. The van der Waals surface area contributed by atoms with E-state index >= 15 is 0 Å². The Bertz CT molecular complexity index is 831. The van der Waals surface area contributed by atoms with Gasteiger partial charge in [-0.2, -0.15) is 0 Å². The minimum Gasteiger partial charge on any atom is -0.759 e. The first kappa shape index (κ1) is 24.2. The van der Waals surface area contributed by atoms with Crippen LogP contribution in [0.5, 0.6) is 0 Å². The maximum Gasteiger partial charge on any atom is 0.144 e. The van der Waals surface area contributed by atoms with Gasteiger partial charge >= 0.3 is 0 Å². The van der Waals surface area contributed by atoms with Crippen LogP contribution in [0, 0.1) is 0 Å². The molecule has 1 fully saturated rings. The topological polar surface area (TPSA) is 101 Å². The molecule has 30 heavy (non-hydrogen) atoms. The van der Waals surface area contributed by atoms with Crippen LogP contribution in [0.2, 0.25) is 0 Å². The molecule has 0 unspecified atom stereocenters. The van der Waals surface area contributed by atoms with E-state index in [1.807, 2.05) is 36.4 Å². The van der Waals surface area contributed by atoms with Gasteiger partial charge in [0.15, 0.2) is 0 Å². The highest BCUT2D eigenvalue weighted by molar-refractivity contribution is 7.79. The lowest BCUT2D eigenvalue weighted by Gasteiger charge is -2.34. The largest absolute Gasteiger partial charge is 0.759 e. The second-order valence-electron chi connectivity index (χ2n) is 7.61. The molecule has 0 bridgehead atoms. The number of benzene rings is 2. The summed E-state index contributed by atoms with van der Waals surface area (Å²) in [6.45, 7) is 5.27. The van der Waals surface area contributed by atoms with E-state index in [-0.39, 0.29) is 5.78 Å². The molecule has 0 spiro atoms. The summed E-state index contributed by atoms with van der Waals surface area (Å²) in [5.41, 5.74) is 1.71. The first-order chi connectivity index (χ1) is 14.2. The first-order valence-corrected chi connectivity index (χ1v) is 11.6. The van der Waals surface area contributed by atoms with Crippen molar-refractivity contribution in [2.45, 2.75) is 44.4 Å². The second kappa shape index (κ2) is 11.4. The molecule has 164 valence electrons. The van der Waals surface area contributed by atoms with E-state index in [0.29, 0.717) is 0 Å². The van der Waals surface area contributed by atoms with Gasteiger partial charge in [0.1, 0.15) is 5.78 Å². The minimum atomic E-state index is -5.17. The van der Waals surface area contributed by atoms with Gasteiger partial charge in [-0.05, 0) is 63.4 Å². The Kier molecular flexibility index (Phi) is 9.17. The van der Waals surface area contributed by atoms with Crippen molar-refractivity contribution >= 4 is 16.2 Å². The molecule has 0 aliphatic carbocycles. The van der Waals surface area contributed by atoms with Crippen LogP contribution in [-0.4, -0.2) is 47.8 Å². The van der Waals surface area contributed by atoms with Crippen molar-refractivity contribution < 1.29 is 22.3 Å². The summed E-state index contributed by atoms with van der Waals surface area (Å²) in [6, 6.07) is 20.6. The van der Waals surface area contributed by atoms with Gasteiger partial charge < -0.3 is 14.0 Å². The second-order valence-corrected chi connectivity index (χ2v) is 8.42. The third-order valence-electron chi connectivity index (χ3n) is 5.61. The number of carbonyl (C=O) groups is 1. The molecule has 0 saturated carbocycles. The number of hydrogen-bond donors (Lipinski definition) is 0. The van der Waals surface area contributed by atoms with E-state index < -0.39 is 15.8 Å². The average molecular weight is 432 g/mol. The van der Waals surface area contributed by atoms with Gasteiger partial charge in [0, 0.05) is 10.4 Å². The van der Waals surface area contributed by atoms with Gasteiger partial charge in [-0.1, -0.05) is 67.1 Å². The molecule has 0 aromatic heterocycles. The first-order valence-electron chi connectivity index (χ1n) is 10.2. The zero-order chi connectivity index (χ0) is 22.0. The molecule has 0 amide bonds. The highest BCUT2D eigenvalue weighted by Gasteiger charge is 2.38. The summed E-state index contributed by atoms with van der Waals surface area (Å²) in [6.07, 6.45) is 5.91. The van der Waals surface area contributed by atoms with E-state index in [0.717, 1.165) is 30.5 Å². The highest BCUT2D eigenvalue weighted by Crippen LogP contribution is 2.38. The normalized spacial score (nSPS) is 15.2. The monoisotopic (exact) mass is 431 g/mol. The summed E-state index contributed by atoms with van der Waals surface area (Å²) in [5, 5.41) is 0. The third kappa shape index (κ3) is 7.32. The van der Waals surface area contributed by atoms with Crippen LogP contribution in [0.25, 0.3) is 0 Å². The average Bonchev–Trinajstić information content (AvgIpc) is 2.72. The van der Waals surface area contributed by atoms with Crippen LogP contribution >= 0.6 is 0 Å². The molecule has 2 aromatic rings. The quantitative estimate of drug-likeness (QED) is 0.491. The molecular weight excluding hydrogens is 402 g/mol. The van der Waals surface area contributed by atoms with E-state index in [2.05, 4.69) is 29.2 Å². The fraction of sp³-hybridized carbons (Fsp3) is 0.435. The van der Waals surface area contributed by atoms with Crippen LogP contribution < -0.4 is 0 Å². The van der Waals surface area contributed by atoms with Gasteiger partial charge in [-0.15, -0.1) is 0 Å². The van der Waals surface area contributed by atoms with Crippen LogP contribution in [0.15, 0.2) is 60.7 Å². The van der Waals surface area contributed by atoms with E-state index in [1.54, 1.807) is 6.92 Å². The lowest BCUT2D eigenvalue weighted by molar-refractivity contribution is -0.121. The molecule has 2 aromatic carbocycles. The zero-order valence-corrected chi connectivity index (χ0v) is 18.1. The number of carbonyl (C=O) groups excluding carboxylic acids is 1. The van der Waals surface area contributed by atoms with E-state index in [4.69, 9.17) is 17.5 Å². The van der Waals surface area contributed by atoms with Crippen molar-refractivity contribution in [1.82, 2.24) is 4.90 Å². The molecule has 1 saturated heterocycles. The molecule has 6 nitrogen and oxygen atoms in total. The predicted octanol–water partition coefficient (Wildman–Crippen LogP) is 3.49. The zero-order valence-electron chi connectivity index (χ0n) is 17.3. The number of hydrogen-bond acceptors (Lipinski definition) is 6. The number of Topliss-reactive ketones (excluding diaryl/α,β-unsaturated/α-hetero) is 1. The van der Waals surface area contributed by atoms with Crippen molar-refractivity contribution in [3.05, 3.63) is 71.8 Å². The van der Waals surface area contributed by atoms with Gasteiger partial charge in [-0.25, -0.2) is 0 Å². The molecule has 0 atom stereocenters. The Hall–Kier alpha value is -2.06. The summed E-state index contributed by atoms with van der Waals surface area (Å²) in [7, 11) is -5.17. The smallest absolute Gasteiger partial charge is 0.144 e. The Balaban J connectivity index is 0.000000575. The van der Waals surface area contributed by atoms with Crippen molar-refractivity contribution in [1.29, 1.82) is 0 Å². The van der Waals surface area contributed by atoms with Crippen molar-refractivity contribution in [2.24, 2.45) is 0 Å². The van der Waals surface area contributed by atoms with Crippen molar-refractivity contribution in [3.63, 3.8) is 0 Å². The number of nitrogens with zero attached hydrogens (tertiary/aromatic N) is 1. The summed E-state index contributed by atoms with van der Waals surface area (Å²) >= 11 is 0. The van der Waals surface area contributed by atoms with Crippen LogP contribution in [-0.2, 0) is 20.6 Å². The lowest BCUT2D eigenvalue weighted by atomic mass is 9.68. The van der Waals surface area contributed by atoms with Gasteiger partial charge in [-0.3, -0.25) is 13.2 Å². The molecule has 0 radical (unpaired) electrons. The fourth-order valence-corrected chi connectivity index (χ4v) is 4.23. The standard InChI is InChI=1S/C23H29NO.H2O4S/c1-20(25)23(21-12-5-2-6-13-21,22-14-7-3-8-15-22)16-11-19-24-17-9-4-10-18-24;1-5(2,3)4/h2-3,5-8,12-15H,4,9-11,16-19H2,1H3;(H2,1,2,3,4)/p-2. The van der Waals surface area contributed by atoms with Gasteiger partial charge in [0.25, 0.3) is 0 Å². The van der Waals surface area contributed by atoms with Gasteiger partial charge in [0.2, 0.25) is 0 Å². The fourth-order valence-electron chi connectivity index (χ4n) is 4.23. The molecule has 1 aliphatic heterocycles. The highest BCUT2D eigenvalue weighted by atomic mass is 32.3. The number of rotatable bonds is 7. The Morgan fingerprint density at radius 1 is 0.900 bits per heavy atom. The SMILES string of the molecule is CC(=O)C(CCCN1CCCCC1)(c1ccccc1)c1ccccc1.O=S(=O)([O-])[O-]. The molecule has 3 rings (SSSR count). The summed E-state index contributed by atoms with van der Waals surface area (Å²) < 4.78 is 34.1. The summed E-state index contributed by atoms with van der Waals surface area (Å²) in [4.78, 5) is 15.5. The maximum atomic E-state index is 12.9. The minimum absolute atomic E-state index is 0.239. The summed E-state index contributed by atoms with van der Waals surface area (Å²) in [5.74, 6) is 0.239. The molecular formula is C23H29NO5S-2. The van der Waals surface area contributed by atoms with Crippen LogP contribution in [0.3, 0.4) is 0 Å². The van der Waals surface area contributed by atoms with Crippen molar-refractivity contribution in [3.8, 4) is 0 Å². The van der Waals surface area contributed by atoms with Crippen LogP contribution in [0.1, 0.15) is 50.2 Å². The number of likely N-dealkylation sites (tertiary alicyclic amines) is 1.